The Hall–Kier alpha value is -1.55. The zero-order chi connectivity index (χ0) is 17.6. The summed E-state index contributed by atoms with van der Waals surface area (Å²) < 4.78 is 0. The third-order valence-corrected chi connectivity index (χ3v) is 4.69. The predicted molar refractivity (Wildman–Crippen MR) is 100 cm³/mol. The van der Waals surface area contributed by atoms with Gasteiger partial charge in [-0.15, -0.1) is 0 Å². The number of hydrogen-bond donors (Lipinski definition) is 1. The first-order valence-electron chi connectivity index (χ1n) is 9.24. The molecule has 4 nitrogen and oxygen atoms in total. The van der Waals surface area contributed by atoms with Crippen LogP contribution in [-0.4, -0.2) is 48.6 Å². The second-order valence-corrected chi connectivity index (χ2v) is 7.80. The summed E-state index contributed by atoms with van der Waals surface area (Å²) in [5.41, 5.74) is 2.93. The number of amides is 2. The molecule has 1 aromatic carbocycles. The fourth-order valence-electron chi connectivity index (χ4n) is 2.96. The van der Waals surface area contributed by atoms with Crippen molar-refractivity contribution in [3.8, 4) is 0 Å². The van der Waals surface area contributed by atoms with E-state index in [2.05, 4.69) is 62.2 Å². The van der Waals surface area contributed by atoms with Crippen molar-refractivity contribution < 1.29 is 4.79 Å². The van der Waals surface area contributed by atoms with Crippen LogP contribution >= 0.6 is 0 Å². The molecule has 1 aliphatic heterocycles. The molecule has 1 fully saturated rings. The van der Waals surface area contributed by atoms with Crippen LogP contribution in [0.15, 0.2) is 24.3 Å². The molecule has 1 aromatic rings. The van der Waals surface area contributed by atoms with Crippen molar-refractivity contribution in [1.29, 1.82) is 0 Å². The molecule has 134 valence electrons. The number of carbonyl (C=O) groups excluding carboxylic acids is 1. The maximum absolute atomic E-state index is 12.1. The van der Waals surface area contributed by atoms with Gasteiger partial charge in [0, 0.05) is 39.3 Å². The van der Waals surface area contributed by atoms with Crippen molar-refractivity contribution in [2.75, 3.05) is 32.7 Å². The van der Waals surface area contributed by atoms with Crippen molar-refractivity contribution in [3.63, 3.8) is 0 Å². The van der Waals surface area contributed by atoms with Crippen LogP contribution in [0.3, 0.4) is 0 Å². The summed E-state index contributed by atoms with van der Waals surface area (Å²) in [6.45, 7) is 14.2. The van der Waals surface area contributed by atoms with Gasteiger partial charge in [0.05, 0.1) is 0 Å². The molecule has 1 N–H and O–H groups in total. The average molecular weight is 332 g/mol. The van der Waals surface area contributed by atoms with Crippen LogP contribution in [0.5, 0.6) is 0 Å². The SMILES string of the molecule is CCCCNC(=O)N1CCN(Cc2ccc(C(C)(C)C)cc2)CC1. The van der Waals surface area contributed by atoms with E-state index in [0.717, 1.165) is 52.1 Å². The van der Waals surface area contributed by atoms with Crippen LogP contribution in [0.25, 0.3) is 0 Å². The van der Waals surface area contributed by atoms with Crippen LogP contribution in [0.1, 0.15) is 51.7 Å². The Balaban J connectivity index is 1.77. The van der Waals surface area contributed by atoms with Crippen molar-refractivity contribution in [1.82, 2.24) is 15.1 Å². The number of nitrogens with one attached hydrogen (secondary N) is 1. The molecule has 0 bridgehead atoms. The van der Waals surface area contributed by atoms with E-state index < -0.39 is 0 Å². The molecule has 0 atom stereocenters. The van der Waals surface area contributed by atoms with E-state index in [1.54, 1.807) is 0 Å². The van der Waals surface area contributed by atoms with Gasteiger partial charge in [0.1, 0.15) is 0 Å². The van der Waals surface area contributed by atoms with Crippen molar-refractivity contribution in [2.45, 2.75) is 52.5 Å². The van der Waals surface area contributed by atoms with E-state index in [4.69, 9.17) is 0 Å². The normalized spacial score (nSPS) is 16.2. The smallest absolute Gasteiger partial charge is 0.317 e. The monoisotopic (exact) mass is 331 g/mol. The lowest BCUT2D eigenvalue weighted by atomic mass is 9.87. The highest BCUT2D eigenvalue weighted by Gasteiger charge is 2.21. The summed E-state index contributed by atoms with van der Waals surface area (Å²) in [5.74, 6) is 0. The van der Waals surface area contributed by atoms with Crippen molar-refractivity contribution >= 4 is 6.03 Å². The third-order valence-electron chi connectivity index (χ3n) is 4.69. The fraction of sp³-hybridized carbons (Fsp3) is 0.650. The Morgan fingerprint density at radius 2 is 1.71 bits per heavy atom. The van der Waals surface area contributed by atoms with Crippen molar-refractivity contribution in [3.05, 3.63) is 35.4 Å². The van der Waals surface area contributed by atoms with Gasteiger partial charge in [-0.3, -0.25) is 4.90 Å². The fourth-order valence-corrected chi connectivity index (χ4v) is 2.96. The number of benzene rings is 1. The molecule has 0 saturated carbocycles. The Kier molecular flexibility index (Phi) is 6.67. The first kappa shape index (κ1) is 18.8. The quantitative estimate of drug-likeness (QED) is 0.837. The van der Waals surface area contributed by atoms with Crippen LogP contribution in [0.2, 0.25) is 0 Å². The molecule has 1 aliphatic rings. The van der Waals surface area contributed by atoms with Gasteiger partial charge in [0.2, 0.25) is 0 Å². The minimum absolute atomic E-state index is 0.0950. The molecule has 0 unspecified atom stereocenters. The first-order chi connectivity index (χ1) is 11.4. The van der Waals surface area contributed by atoms with Gasteiger partial charge in [-0.25, -0.2) is 4.79 Å². The minimum Gasteiger partial charge on any atom is -0.338 e. The lowest BCUT2D eigenvalue weighted by Gasteiger charge is -2.34. The van der Waals surface area contributed by atoms with E-state index in [-0.39, 0.29) is 11.4 Å². The molecule has 2 rings (SSSR count). The Labute approximate surface area is 147 Å². The maximum atomic E-state index is 12.1. The number of carbonyl (C=O) groups is 1. The highest BCUT2D eigenvalue weighted by atomic mass is 16.2. The molecule has 0 aliphatic carbocycles. The summed E-state index contributed by atoms with van der Waals surface area (Å²) in [6, 6.07) is 9.06. The lowest BCUT2D eigenvalue weighted by molar-refractivity contribution is 0.135. The largest absolute Gasteiger partial charge is 0.338 e. The predicted octanol–water partition coefficient (Wildman–Crippen LogP) is 3.61. The topological polar surface area (TPSA) is 35.6 Å². The highest BCUT2D eigenvalue weighted by Crippen LogP contribution is 2.22. The van der Waals surface area contributed by atoms with Gasteiger partial charge in [0.25, 0.3) is 0 Å². The van der Waals surface area contributed by atoms with Gasteiger partial charge in [0.15, 0.2) is 0 Å². The molecule has 1 saturated heterocycles. The van der Waals surface area contributed by atoms with Gasteiger partial charge in [-0.2, -0.15) is 0 Å². The lowest BCUT2D eigenvalue weighted by Crippen LogP contribution is -2.51. The standard InChI is InChI=1S/C20H33N3O/c1-5-6-11-21-19(24)23-14-12-22(13-15-23)16-17-7-9-18(10-8-17)20(2,3)4/h7-10H,5-6,11-16H2,1-4H3,(H,21,24). The Bertz CT molecular complexity index is 511. The van der Waals surface area contributed by atoms with Crippen LogP contribution in [0.4, 0.5) is 4.79 Å². The zero-order valence-electron chi connectivity index (χ0n) is 15.8. The molecular weight excluding hydrogens is 298 g/mol. The molecule has 0 spiro atoms. The minimum atomic E-state index is 0.0950. The summed E-state index contributed by atoms with van der Waals surface area (Å²) in [7, 11) is 0. The number of urea groups is 1. The molecule has 0 radical (unpaired) electrons. The number of piperazine rings is 1. The zero-order valence-corrected chi connectivity index (χ0v) is 15.8. The number of unbranched alkanes of at least 4 members (excludes halogenated alkanes) is 1. The van der Waals surface area contributed by atoms with E-state index in [1.807, 2.05) is 4.90 Å². The van der Waals surface area contributed by atoms with Gasteiger partial charge in [-0.05, 0) is 23.0 Å². The summed E-state index contributed by atoms with van der Waals surface area (Å²) in [4.78, 5) is 16.4. The third kappa shape index (κ3) is 5.52. The molecule has 24 heavy (non-hydrogen) atoms. The van der Waals surface area contributed by atoms with Crippen LogP contribution in [-0.2, 0) is 12.0 Å². The van der Waals surface area contributed by atoms with Gasteiger partial charge >= 0.3 is 6.03 Å². The van der Waals surface area contributed by atoms with E-state index in [9.17, 15) is 4.79 Å². The van der Waals surface area contributed by atoms with Crippen LogP contribution in [0, 0.1) is 0 Å². The molecular formula is C20H33N3O. The van der Waals surface area contributed by atoms with E-state index >= 15 is 0 Å². The molecule has 0 aromatic heterocycles. The summed E-state index contributed by atoms with van der Waals surface area (Å²) in [6.07, 6.45) is 2.17. The molecule has 1 heterocycles. The number of nitrogens with zero attached hydrogens (tertiary/aromatic N) is 2. The van der Waals surface area contributed by atoms with Gasteiger partial charge < -0.3 is 10.2 Å². The average Bonchev–Trinajstić information content (AvgIpc) is 2.55. The summed E-state index contributed by atoms with van der Waals surface area (Å²) in [5, 5.41) is 3.01. The van der Waals surface area contributed by atoms with E-state index in [0.29, 0.717) is 0 Å². The van der Waals surface area contributed by atoms with Crippen molar-refractivity contribution in [2.24, 2.45) is 0 Å². The maximum Gasteiger partial charge on any atom is 0.317 e. The van der Waals surface area contributed by atoms with Gasteiger partial charge in [-0.1, -0.05) is 58.4 Å². The Morgan fingerprint density at radius 1 is 1.08 bits per heavy atom. The second kappa shape index (κ2) is 8.52. The van der Waals surface area contributed by atoms with Crippen LogP contribution < -0.4 is 5.32 Å². The number of hydrogen-bond acceptors (Lipinski definition) is 2. The molecule has 2 amide bonds. The van der Waals surface area contributed by atoms with E-state index in [1.165, 1.54) is 11.1 Å². The summed E-state index contributed by atoms with van der Waals surface area (Å²) >= 11 is 0. The number of rotatable bonds is 5. The second-order valence-electron chi connectivity index (χ2n) is 7.80. The highest BCUT2D eigenvalue weighted by molar-refractivity contribution is 5.74. The Morgan fingerprint density at radius 3 is 2.25 bits per heavy atom. The first-order valence-corrected chi connectivity index (χ1v) is 9.24. The molecule has 4 heteroatoms.